The molecule has 1 fully saturated rings. The Morgan fingerprint density at radius 2 is 2.00 bits per heavy atom. The maximum Gasteiger partial charge on any atom is 0.239 e. The Balaban J connectivity index is 2.40. The predicted molar refractivity (Wildman–Crippen MR) is 75.8 cm³/mol. The number of rotatable bonds is 6. The molecule has 1 aliphatic heterocycles. The van der Waals surface area contributed by atoms with Crippen LogP contribution in [0.5, 0.6) is 0 Å². The molecule has 1 saturated heterocycles. The van der Waals surface area contributed by atoms with E-state index in [1.807, 2.05) is 32.6 Å². The fourth-order valence-corrected chi connectivity index (χ4v) is 2.35. The molecule has 0 aromatic heterocycles. The zero-order valence-corrected chi connectivity index (χ0v) is 12.5. The topological polar surface area (TPSA) is 61.4 Å². The number of carbonyl (C=O) groups is 2. The SMILES string of the molecule is CC(C)NC(=O)CCN1CCCC(NC(C)C)C1=O. The van der Waals surface area contributed by atoms with E-state index in [4.69, 9.17) is 0 Å². The second-order valence-electron chi connectivity index (χ2n) is 5.81. The van der Waals surface area contributed by atoms with E-state index in [0.717, 1.165) is 19.4 Å². The second kappa shape index (κ2) is 7.48. The number of likely N-dealkylation sites (tertiary alicyclic amines) is 1. The van der Waals surface area contributed by atoms with E-state index in [-0.39, 0.29) is 23.9 Å². The Hall–Kier alpha value is -1.10. The van der Waals surface area contributed by atoms with Crippen molar-refractivity contribution in [2.24, 2.45) is 0 Å². The molecular formula is C14H27N3O2. The summed E-state index contributed by atoms with van der Waals surface area (Å²) in [4.78, 5) is 25.6. The molecule has 110 valence electrons. The fourth-order valence-electron chi connectivity index (χ4n) is 2.35. The molecular weight excluding hydrogens is 242 g/mol. The van der Waals surface area contributed by atoms with Gasteiger partial charge >= 0.3 is 0 Å². The zero-order valence-electron chi connectivity index (χ0n) is 12.5. The van der Waals surface area contributed by atoms with Crippen molar-refractivity contribution in [2.45, 2.75) is 65.1 Å². The third-order valence-corrected chi connectivity index (χ3v) is 3.12. The molecule has 1 atom stereocenters. The smallest absolute Gasteiger partial charge is 0.239 e. The Bertz CT molecular complexity index is 316. The van der Waals surface area contributed by atoms with Crippen LogP contribution in [-0.4, -0.2) is 47.9 Å². The highest BCUT2D eigenvalue weighted by molar-refractivity contribution is 5.83. The molecule has 5 nitrogen and oxygen atoms in total. The Morgan fingerprint density at radius 1 is 1.32 bits per heavy atom. The van der Waals surface area contributed by atoms with Gasteiger partial charge in [-0.1, -0.05) is 13.8 Å². The first-order valence-corrected chi connectivity index (χ1v) is 7.24. The maximum atomic E-state index is 12.2. The van der Waals surface area contributed by atoms with E-state index in [2.05, 4.69) is 10.6 Å². The van der Waals surface area contributed by atoms with Crippen molar-refractivity contribution in [1.29, 1.82) is 0 Å². The Labute approximate surface area is 116 Å². The molecule has 0 aliphatic carbocycles. The average Bonchev–Trinajstić information content (AvgIpc) is 2.29. The molecule has 1 rings (SSSR count). The summed E-state index contributed by atoms with van der Waals surface area (Å²) in [6, 6.07) is 0.375. The largest absolute Gasteiger partial charge is 0.354 e. The van der Waals surface area contributed by atoms with Crippen molar-refractivity contribution in [2.75, 3.05) is 13.1 Å². The van der Waals surface area contributed by atoms with Crippen LogP contribution in [0.4, 0.5) is 0 Å². The van der Waals surface area contributed by atoms with Crippen LogP contribution in [0.3, 0.4) is 0 Å². The lowest BCUT2D eigenvalue weighted by Crippen LogP contribution is -2.53. The lowest BCUT2D eigenvalue weighted by molar-refractivity contribution is -0.136. The quantitative estimate of drug-likeness (QED) is 0.753. The van der Waals surface area contributed by atoms with Crippen LogP contribution in [0.2, 0.25) is 0 Å². The third-order valence-electron chi connectivity index (χ3n) is 3.12. The molecule has 1 heterocycles. The van der Waals surface area contributed by atoms with Gasteiger partial charge in [0.2, 0.25) is 11.8 Å². The Kier molecular flexibility index (Phi) is 6.28. The molecule has 2 N–H and O–H groups in total. The summed E-state index contributed by atoms with van der Waals surface area (Å²) >= 11 is 0. The molecule has 0 spiro atoms. The van der Waals surface area contributed by atoms with Gasteiger partial charge in [-0.25, -0.2) is 0 Å². The molecule has 1 unspecified atom stereocenters. The lowest BCUT2D eigenvalue weighted by Gasteiger charge is -2.33. The van der Waals surface area contributed by atoms with Gasteiger partial charge in [0, 0.05) is 31.6 Å². The van der Waals surface area contributed by atoms with Crippen LogP contribution < -0.4 is 10.6 Å². The summed E-state index contributed by atoms with van der Waals surface area (Å²) in [5, 5.41) is 6.14. The highest BCUT2D eigenvalue weighted by Crippen LogP contribution is 2.12. The molecule has 5 heteroatoms. The molecule has 0 aromatic rings. The van der Waals surface area contributed by atoms with Gasteiger partial charge in [-0.15, -0.1) is 0 Å². The molecule has 0 bridgehead atoms. The van der Waals surface area contributed by atoms with Crippen molar-refractivity contribution in [3.8, 4) is 0 Å². The van der Waals surface area contributed by atoms with E-state index >= 15 is 0 Å². The van der Waals surface area contributed by atoms with E-state index in [1.165, 1.54) is 0 Å². The number of nitrogens with one attached hydrogen (secondary N) is 2. The van der Waals surface area contributed by atoms with Crippen LogP contribution in [-0.2, 0) is 9.59 Å². The number of piperidine rings is 1. The van der Waals surface area contributed by atoms with E-state index in [1.54, 1.807) is 0 Å². The van der Waals surface area contributed by atoms with Crippen LogP contribution in [0.1, 0.15) is 47.0 Å². The predicted octanol–water partition coefficient (Wildman–Crippen LogP) is 0.890. The number of nitrogens with zero attached hydrogens (tertiary/aromatic N) is 1. The van der Waals surface area contributed by atoms with Crippen LogP contribution in [0.15, 0.2) is 0 Å². The van der Waals surface area contributed by atoms with E-state index in [9.17, 15) is 9.59 Å². The van der Waals surface area contributed by atoms with Crippen LogP contribution >= 0.6 is 0 Å². The van der Waals surface area contributed by atoms with Gasteiger partial charge < -0.3 is 15.5 Å². The molecule has 0 radical (unpaired) electrons. The zero-order chi connectivity index (χ0) is 14.4. The minimum Gasteiger partial charge on any atom is -0.354 e. The molecule has 0 aromatic carbocycles. The van der Waals surface area contributed by atoms with Crippen molar-refractivity contribution >= 4 is 11.8 Å². The second-order valence-corrected chi connectivity index (χ2v) is 5.81. The normalized spacial score (nSPS) is 20.2. The molecule has 0 saturated carbocycles. The lowest BCUT2D eigenvalue weighted by atomic mass is 10.0. The van der Waals surface area contributed by atoms with Gasteiger partial charge in [-0.3, -0.25) is 9.59 Å². The highest BCUT2D eigenvalue weighted by Gasteiger charge is 2.28. The van der Waals surface area contributed by atoms with Crippen molar-refractivity contribution in [1.82, 2.24) is 15.5 Å². The third kappa shape index (κ3) is 5.59. The number of hydrogen-bond donors (Lipinski definition) is 2. The first kappa shape index (κ1) is 16.0. The summed E-state index contributed by atoms with van der Waals surface area (Å²) in [6.07, 6.45) is 2.28. The summed E-state index contributed by atoms with van der Waals surface area (Å²) in [7, 11) is 0. The number of carbonyl (C=O) groups excluding carboxylic acids is 2. The standard InChI is InChI=1S/C14H27N3O2/c1-10(2)15-12-6-5-8-17(14(12)19)9-7-13(18)16-11(3)4/h10-12,15H,5-9H2,1-4H3,(H,16,18). The van der Waals surface area contributed by atoms with Crippen molar-refractivity contribution in [3.05, 3.63) is 0 Å². The molecule has 19 heavy (non-hydrogen) atoms. The minimum absolute atomic E-state index is 0.0155. The van der Waals surface area contributed by atoms with Gasteiger partial charge in [0.05, 0.1) is 6.04 Å². The van der Waals surface area contributed by atoms with Crippen molar-refractivity contribution in [3.63, 3.8) is 0 Å². The van der Waals surface area contributed by atoms with Crippen molar-refractivity contribution < 1.29 is 9.59 Å². The maximum absolute atomic E-state index is 12.2. The monoisotopic (exact) mass is 269 g/mol. The minimum atomic E-state index is -0.0816. The molecule has 1 aliphatic rings. The van der Waals surface area contributed by atoms with E-state index < -0.39 is 0 Å². The van der Waals surface area contributed by atoms with Gasteiger partial charge in [0.25, 0.3) is 0 Å². The summed E-state index contributed by atoms with van der Waals surface area (Å²) in [6.45, 7) is 9.25. The number of amides is 2. The average molecular weight is 269 g/mol. The van der Waals surface area contributed by atoms with Crippen LogP contribution in [0.25, 0.3) is 0 Å². The van der Waals surface area contributed by atoms with Gasteiger partial charge in [0.15, 0.2) is 0 Å². The molecule has 2 amide bonds. The first-order chi connectivity index (χ1) is 8.90. The van der Waals surface area contributed by atoms with Crippen LogP contribution in [0, 0.1) is 0 Å². The summed E-state index contributed by atoms with van der Waals surface area (Å²) < 4.78 is 0. The summed E-state index contributed by atoms with van der Waals surface area (Å²) in [5.74, 6) is 0.152. The van der Waals surface area contributed by atoms with Gasteiger partial charge in [-0.2, -0.15) is 0 Å². The summed E-state index contributed by atoms with van der Waals surface area (Å²) in [5.41, 5.74) is 0. The van der Waals surface area contributed by atoms with Gasteiger partial charge in [0.1, 0.15) is 0 Å². The number of hydrogen-bond acceptors (Lipinski definition) is 3. The fraction of sp³-hybridized carbons (Fsp3) is 0.857. The highest BCUT2D eigenvalue weighted by atomic mass is 16.2. The Morgan fingerprint density at radius 3 is 2.58 bits per heavy atom. The van der Waals surface area contributed by atoms with Gasteiger partial charge in [-0.05, 0) is 26.7 Å². The van der Waals surface area contributed by atoms with E-state index in [0.29, 0.717) is 19.0 Å². The first-order valence-electron chi connectivity index (χ1n) is 7.24.